The summed E-state index contributed by atoms with van der Waals surface area (Å²) in [6, 6.07) is 13.5. The number of benzene rings is 2. The molecule has 1 atom stereocenters. The molecule has 0 spiro atoms. The molecule has 1 fully saturated rings. The van der Waals surface area contributed by atoms with E-state index in [1.807, 2.05) is 47.4 Å². The van der Waals surface area contributed by atoms with E-state index in [1.54, 1.807) is 13.0 Å². The van der Waals surface area contributed by atoms with Crippen LogP contribution >= 0.6 is 0 Å². The van der Waals surface area contributed by atoms with Crippen LogP contribution in [-0.2, 0) is 9.53 Å². The fourth-order valence-corrected chi connectivity index (χ4v) is 3.92. The molecule has 8 nitrogen and oxygen atoms in total. The Balaban J connectivity index is 1.61. The molecule has 31 heavy (non-hydrogen) atoms. The molecule has 0 aromatic heterocycles. The van der Waals surface area contributed by atoms with Crippen LogP contribution in [0.5, 0.6) is 0 Å². The number of likely N-dealkylation sites (tertiary alicyclic amines) is 1. The van der Waals surface area contributed by atoms with Gasteiger partial charge in [-0.1, -0.05) is 23.4 Å². The number of rotatable bonds is 5. The standard InChI is InChI=1S/C23H25N5O3/c1-2-31-23(30)19-14-18-13-17(9-10-20(18)25-21(19)26-27-24)15-5-7-16(8-6-15)22(29)28-11-3-4-12-28/h5-10,13-14,21,25H,2-4,11-12H2,1H3,(H2,24,26). The maximum atomic E-state index is 12.6. The van der Waals surface area contributed by atoms with Crippen LogP contribution in [0.3, 0.4) is 0 Å². The first-order valence-corrected chi connectivity index (χ1v) is 10.4. The third-order valence-corrected chi connectivity index (χ3v) is 5.50. The summed E-state index contributed by atoms with van der Waals surface area (Å²) >= 11 is 0. The lowest BCUT2D eigenvalue weighted by Crippen LogP contribution is -2.29. The van der Waals surface area contributed by atoms with Gasteiger partial charge in [-0.15, -0.1) is 5.11 Å². The molecule has 2 heterocycles. The third kappa shape index (κ3) is 4.28. The van der Waals surface area contributed by atoms with Crippen LogP contribution in [0.2, 0.25) is 0 Å². The zero-order valence-electron chi connectivity index (χ0n) is 17.4. The summed E-state index contributed by atoms with van der Waals surface area (Å²) < 4.78 is 5.14. The molecule has 2 aromatic carbocycles. The molecule has 1 unspecified atom stereocenters. The highest BCUT2D eigenvalue weighted by Crippen LogP contribution is 2.32. The van der Waals surface area contributed by atoms with E-state index in [0.717, 1.165) is 48.3 Å². The highest BCUT2D eigenvalue weighted by Gasteiger charge is 2.27. The predicted molar refractivity (Wildman–Crippen MR) is 118 cm³/mol. The molecule has 1 amide bonds. The molecule has 160 valence electrons. The Morgan fingerprint density at radius 3 is 2.52 bits per heavy atom. The van der Waals surface area contributed by atoms with Crippen LogP contribution in [-0.4, -0.2) is 42.6 Å². The van der Waals surface area contributed by atoms with Crippen molar-refractivity contribution in [2.75, 3.05) is 25.0 Å². The van der Waals surface area contributed by atoms with E-state index in [1.165, 1.54) is 0 Å². The van der Waals surface area contributed by atoms with Crippen LogP contribution < -0.4 is 11.2 Å². The van der Waals surface area contributed by atoms with E-state index in [-0.39, 0.29) is 12.5 Å². The Kier molecular flexibility index (Phi) is 5.97. The van der Waals surface area contributed by atoms with E-state index >= 15 is 0 Å². The number of carbonyl (C=O) groups excluding carboxylic acids is 2. The van der Waals surface area contributed by atoms with Crippen LogP contribution in [0.4, 0.5) is 5.69 Å². The smallest absolute Gasteiger partial charge is 0.338 e. The van der Waals surface area contributed by atoms with Gasteiger partial charge in [0.2, 0.25) is 0 Å². The molecule has 3 N–H and O–H groups in total. The monoisotopic (exact) mass is 419 g/mol. The zero-order valence-corrected chi connectivity index (χ0v) is 17.4. The average Bonchev–Trinajstić information content (AvgIpc) is 3.33. The molecule has 8 heteroatoms. The number of ether oxygens (including phenoxy) is 1. The fourth-order valence-electron chi connectivity index (χ4n) is 3.92. The number of nitrogens with two attached hydrogens (primary N) is 1. The van der Waals surface area contributed by atoms with Crippen molar-refractivity contribution in [3.05, 3.63) is 59.2 Å². The maximum absolute atomic E-state index is 12.6. The summed E-state index contributed by atoms with van der Waals surface area (Å²) in [6.07, 6.45) is 3.19. The van der Waals surface area contributed by atoms with E-state index in [4.69, 9.17) is 10.6 Å². The van der Waals surface area contributed by atoms with Crippen molar-refractivity contribution in [1.82, 2.24) is 4.90 Å². The van der Waals surface area contributed by atoms with Gasteiger partial charge in [0.15, 0.2) is 6.17 Å². The highest BCUT2D eigenvalue weighted by atomic mass is 16.5. The molecule has 0 saturated carbocycles. The van der Waals surface area contributed by atoms with Gasteiger partial charge in [-0.05, 0) is 66.8 Å². The van der Waals surface area contributed by atoms with Gasteiger partial charge in [-0.3, -0.25) is 4.79 Å². The summed E-state index contributed by atoms with van der Waals surface area (Å²) in [5.74, 6) is 4.82. The molecule has 0 bridgehead atoms. The third-order valence-electron chi connectivity index (χ3n) is 5.50. The number of amides is 1. The maximum Gasteiger partial charge on any atom is 0.338 e. The van der Waals surface area contributed by atoms with Crippen LogP contribution in [0.1, 0.15) is 35.7 Å². The second-order valence-corrected chi connectivity index (χ2v) is 7.48. The van der Waals surface area contributed by atoms with Gasteiger partial charge in [0, 0.05) is 24.3 Å². The Labute approximate surface area is 180 Å². The molecule has 0 aliphatic carbocycles. The minimum atomic E-state index is -0.696. The van der Waals surface area contributed by atoms with Gasteiger partial charge in [-0.25, -0.2) is 4.79 Å². The summed E-state index contributed by atoms with van der Waals surface area (Å²) in [6.45, 7) is 3.67. The first kappa shape index (κ1) is 20.6. The Hall–Kier alpha value is -3.68. The molecule has 0 radical (unpaired) electrons. The normalized spacial score (nSPS) is 17.8. The van der Waals surface area contributed by atoms with E-state index in [2.05, 4.69) is 15.7 Å². The summed E-state index contributed by atoms with van der Waals surface area (Å²) in [4.78, 5) is 26.8. The minimum Gasteiger partial charge on any atom is -0.463 e. The summed E-state index contributed by atoms with van der Waals surface area (Å²) in [7, 11) is 0. The van der Waals surface area contributed by atoms with Crippen molar-refractivity contribution in [2.45, 2.75) is 25.9 Å². The minimum absolute atomic E-state index is 0.0841. The van der Waals surface area contributed by atoms with Crippen molar-refractivity contribution in [1.29, 1.82) is 0 Å². The van der Waals surface area contributed by atoms with Crippen molar-refractivity contribution < 1.29 is 14.3 Å². The van der Waals surface area contributed by atoms with Gasteiger partial charge in [-0.2, -0.15) is 0 Å². The number of fused-ring (bicyclic) bond motifs is 1. The molecule has 2 aromatic rings. The average molecular weight is 419 g/mol. The molecular formula is C23H25N5O3. The SMILES string of the molecule is CCOC(=O)C1=Cc2cc(-c3ccc(C(=O)N4CCCC4)cc3)ccc2NC1N=NN. The second kappa shape index (κ2) is 8.99. The number of esters is 1. The zero-order chi connectivity index (χ0) is 21.8. The van der Waals surface area contributed by atoms with Crippen molar-refractivity contribution >= 4 is 23.6 Å². The molecule has 2 aliphatic rings. The van der Waals surface area contributed by atoms with Gasteiger partial charge >= 0.3 is 5.97 Å². The first-order chi connectivity index (χ1) is 15.1. The van der Waals surface area contributed by atoms with Crippen LogP contribution in [0, 0.1) is 0 Å². The molecular weight excluding hydrogens is 394 g/mol. The molecule has 2 aliphatic heterocycles. The van der Waals surface area contributed by atoms with Crippen molar-refractivity contribution in [3.63, 3.8) is 0 Å². The number of nitrogens with one attached hydrogen (secondary N) is 1. The lowest BCUT2D eigenvalue weighted by atomic mass is 9.96. The predicted octanol–water partition coefficient (Wildman–Crippen LogP) is 3.61. The number of carbonyl (C=O) groups is 2. The van der Waals surface area contributed by atoms with Gasteiger partial charge in [0.1, 0.15) is 0 Å². The fraction of sp³-hybridized carbons (Fsp3) is 0.304. The second-order valence-electron chi connectivity index (χ2n) is 7.48. The Morgan fingerprint density at radius 2 is 1.84 bits per heavy atom. The number of hydrogen-bond acceptors (Lipinski definition) is 6. The number of nitrogens with zero attached hydrogens (tertiary/aromatic N) is 3. The van der Waals surface area contributed by atoms with Gasteiger partial charge < -0.3 is 20.8 Å². The van der Waals surface area contributed by atoms with Crippen molar-refractivity contribution in [2.24, 2.45) is 16.2 Å². The highest BCUT2D eigenvalue weighted by molar-refractivity contribution is 5.99. The first-order valence-electron chi connectivity index (χ1n) is 10.4. The van der Waals surface area contributed by atoms with Gasteiger partial charge in [0.05, 0.1) is 12.2 Å². The topological polar surface area (TPSA) is 109 Å². The lowest BCUT2D eigenvalue weighted by molar-refractivity contribution is -0.138. The largest absolute Gasteiger partial charge is 0.463 e. The molecule has 4 rings (SSSR count). The Morgan fingerprint density at radius 1 is 1.13 bits per heavy atom. The Bertz CT molecular complexity index is 1040. The van der Waals surface area contributed by atoms with E-state index in [9.17, 15) is 9.59 Å². The van der Waals surface area contributed by atoms with Gasteiger partial charge in [0.25, 0.3) is 5.91 Å². The lowest BCUT2D eigenvalue weighted by Gasteiger charge is -2.23. The number of anilines is 1. The van der Waals surface area contributed by atoms with Crippen LogP contribution in [0.25, 0.3) is 17.2 Å². The summed E-state index contributed by atoms with van der Waals surface area (Å²) in [5.41, 5.74) is 4.64. The van der Waals surface area contributed by atoms with Crippen molar-refractivity contribution in [3.8, 4) is 11.1 Å². The number of hydrogen-bond donors (Lipinski definition) is 2. The summed E-state index contributed by atoms with van der Waals surface area (Å²) in [5, 5.41) is 10.4. The quantitative estimate of drug-likeness (QED) is 0.333. The molecule has 1 saturated heterocycles. The van der Waals surface area contributed by atoms with E-state index in [0.29, 0.717) is 11.1 Å². The van der Waals surface area contributed by atoms with E-state index < -0.39 is 12.1 Å². The van der Waals surface area contributed by atoms with Crippen LogP contribution in [0.15, 0.2) is 58.4 Å².